The van der Waals surface area contributed by atoms with Gasteiger partial charge in [0, 0.05) is 13.1 Å². The van der Waals surface area contributed by atoms with E-state index in [1.165, 1.54) is 12.8 Å². The van der Waals surface area contributed by atoms with Gasteiger partial charge >= 0.3 is 0 Å². The van der Waals surface area contributed by atoms with Gasteiger partial charge in [0.05, 0.1) is 0 Å². The van der Waals surface area contributed by atoms with Gasteiger partial charge in [0.2, 0.25) is 0 Å². The summed E-state index contributed by atoms with van der Waals surface area (Å²) in [7, 11) is 0. The number of hydrogen-bond acceptors (Lipinski definition) is 1. The van der Waals surface area contributed by atoms with E-state index in [0.29, 0.717) is 6.42 Å². The van der Waals surface area contributed by atoms with Crippen LogP contribution in [0, 0.1) is 0 Å². The van der Waals surface area contributed by atoms with Crippen LogP contribution in [0.25, 0.3) is 0 Å². The second-order valence-electron chi connectivity index (χ2n) is 2.59. The van der Waals surface area contributed by atoms with Crippen LogP contribution in [-0.2, 0) is 0 Å². The predicted octanol–water partition coefficient (Wildman–Crippen LogP) is 1.79. The number of likely N-dealkylation sites (tertiary alicyclic amines) is 1. The molecule has 1 aliphatic rings. The molecule has 0 aromatic carbocycles. The Morgan fingerprint density at radius 1 is 1.44 bits per heavy atom. The summed E-state index contributed by atoms with van der Waals surface area (Å²) in [6.45, 7) is 3.83. The van der Waals surface area contributed by atoms with Gasteiger partial charge in [-0.25, -0.2) is 4.39 Å². The van der Waals surface area contributed by atoms with E-state index in [0.717, 1.165) is 13.1 Å². The van der Waals surface area contributed by atoms with Gasteiger partial charge in [-0.3, -0.25) is 4.90 Å². The lowest BCUT2D eigenvalue weighted by Gasteiger charge is -2.17. The first-order valence-electron chi connectivity index (χ1n) is 3.72. The second-order valence-corrected chi connectivity index (χ2v) is 2.59. The summed E-state index contributed by atoms with van der Waals surface area (Å²) in [4.78, 5) is 1.92. The summed E-state index contributed by atoms with van der Waals surface area (Å²) in [5.74, 6) is 0. The molecule has 1 unspecified atom stereocenters. The molecule has 1 rings (SSSR count). The average Bonchev–Trinajstić information content (AvgIpc) is 2.37. The van der Waals surface area contributed by atoms with Crippen LogP contribution < -0.4 is 0 Å². The monoisotopic (exact) mass is 131 g/mol. The molecule has 0 aliphatic carbocycles. The standard InChI is InChI=1S/C7H14FN/c1-2-7(8)9-5-3-4-6-9/h7H,2-6H2,1H3. The van der Waals surface area contributed by atoms with Crippen LogP contribution in [0.5, 0.6) is 0 Å². The van der Waals surface area contributed by atoms with Crippen LogP contribution in [0.2, 0.25) is 0 Å². The molecule has 1 saturated heterocycles. The van der Waals surface area contributed by atoms with Crippen LogP contribution in [0.1, 0.15) is 26.2 Å². The first-order chi connectivity index (χ1) is 4.34. The minimum Gasteiger partial charge on any atom is -0.274 e. The first-order valence-corrected chi connectivity index (χ1v) is 3.72. The van der Waals surface area contributed by atoms with E-state index in [1.807, 2.05) is 11.8 Å². The minimum absolute atomic E-state index is 0.639. The maximum atomic E-state index is 12.8. The molecule has 2 heteroatoms. The molecule has 1 atom stereocenters. The summed E-state index contributed by atoms with van der Waals surface area (Å²) >= 11 is 0. The molecule has 1 fully saturated rings. The molecule has 0 aromatic rings. The van der Waals surface area contributed by atoms with Crippen molar-refractivity contribution in [3.05, 3.63) is 0 Å². The predicted molar refractivity (Wildman–Crippen MR) is 36.0 cm³/mol. The van der Waals surface area contributed by atoms with Crippen LogP contribution in [0.3, 0.4) is 0 Å². The van der Waals surface area contributed by atoms with Gasteiger partial charge < -0.3 is 0 Å². The molecule has 0 radical (unpaired) electrons. The number of halogens is 1. The molecule has 54 valence electrons. The van der Waals surface area contributed by atoms with Crippen molar-refractivity contribution < 1.29 is 4.39 Å². The second kappa shape index (κ2) is 3.16. The van der Waals surface area contributed by atoms with Crippen molar-refractivity contribution in [2.45, 2.75) is 32.5 Å². The Labute approximate surface area is 55.8 Å². The quantitative estimate of drug-likeness (QED) is 0.516. The van der Waals surface area contributed by atoms with E-state index in [9.17, 15) is 4.39 Å². The highest BCUT2D eigenvalue weighted by Crippen LogP contribution is 2.13. The van der Waals surface area contributed by atoms with Crippen molar-refractivity contribution >= 4 is 0 Å². The molecule has 0 spiro atoms. The van der Waals surface area contributed by atoms with Crippen LogP contribution >= 0.6 is 0 Å². The van der Waals surface area contributed by atoms with E-state index in [-0.39, 0.29) is 0 Å². The van der Waals surface area contributed by atoms with Crippen LogP contribution in [0.4, 0.5) is 4.39 Å². The summed E-state index contributed by atoms with van der Waals surface area (Å²) < 4.78 is 12.8. The van der Waals surface area contributed by atoms with Gasteiger partial charge in [0.25, 0.3) is 0 Å². The SMILES string of the molecule is CCC(F)N1CCCC1. The molecule has 0 N–H and O–H groups in total. The Balaban J connectivity index is 2.24. The smallest absolute Gasteiger partial charge is 0.153 e. The molecule has 0 saturated carbocycles. The normalized spacial score (nSPS) is 24.7. The van der Waals surface area contributed by atoms with Gasteiger partial charge in [0.15, 0.2) is 6.30 Å². The van der Waals surface area contributed by atoms with Gasteiger partial charge in [-0.2, -0.15) is 0 Å². The molecular formula is C7H14FN. The zero-order valence-electron chi connectivity index (χ0n) is 5.94. The fourth-order valence-corrected chi connectivity index (χ4v) is 1.28. The number of alkyl halides is 1. The van der Waals surface area contributed by atoms with E-state index in [1.54, 1.807) is 0 Å². The highest BCUT2D eigenvalue weighted by Gasteiger charge is 2.18. The van der Waals surface area contributed by atoms with Crippen molar-refractivity contribution in [2.24, 2.45) is 0 Å². The molecule has 0 bridgehead atoms. The van der Waals surface area contributed by atoms with Crippen molar-refractivity contribution in [1.82, 2.24) is 4.90 Å². The Hall–Kier alpha value is -0.110. The maximum absolute atomic E-state index is 12.8. The molecule has 0 amide bonds. The maximum Gasteiger partial charge on any atom is 0.153 e. The van der Waals surface area contributed by atoms with Crippen LogP contribution in [-0.4, -0.2) is 24.3 Å². The largest absolute Gasteiger partial charge is 0.274 e. The number of nitrogens with zero attached hydrogens (tertiary/aromatic N) is 1. The summed E-state index contributed by atoms with van der Waals surface area (Å²) in [6.07, 6.45) is 2.33. The minimum atomic E-state index is -0.674. The van der Waals surface area contributed by atoms with Gasteiger partial charge in [0.1, 0.15) is 0 Å². The van der Waals surface area contributed by atoms with E-state index in [2.05, 4.69) is 0 Å². The zero-order valence-corrected chi connectivity index (χ0v) is 5.94. The lowest BCUT2D eigenvalue weighted by molar-refractivity contribution is 0.104. The number of hydrogen-bond donors (Lipinski definition) is 0. The molecule has 9 heavy (non-hydrogen) atoms. The number of rotatable bonds is 2. The first kappa shape index (κ1) is 7.00. The fraction of sp³-hybridized carbons (Fsp3) is 1.00. The highest BCUT2D eigenvalue weighted by molar-refractivity contribution is 4.67. The van der Waals surface area contributed by atoms with Gasteiger partial charge in [-0.05, 0) is 19.3 Å². The van der Waals surface area contributed by atoms with E-state index < -0.39 is 6.30 Å². The summed E-state index contributed by atoms with van der Waals surface area (Å²) in [5, 5.41) is 0. The lowest BCUT2D eigenvalue weighted by atomic mass is 10.4. The van der Waals surface area contributed by atoms with Gasteiger partial charge in [-0.1, -0.05) is 6.92 Å². The third-order valence-electron chi connectivity index (χ3n) is 1.87. The summed E-state index contributed by atoms with van der Waals surface area (Å²) in [5.41, 5.74) is 0. The highest BCUT2D eigenvalue weighted by atomic mass is 19.1. The van der Waals surface area contributed by atoms with Crippen molar-refractivity contribution in [3.8, 4) is 0 Å². The van der Waals surface area contributed by atoms with Crippen LogP contribution in [0.15, 0.2) is 0 Å². The van der Waals surface area contributed by atoms with Crippen molar-refractivity contribution in [1.29, 1.82) is 0 Å². The molecule has 1 nitrogen and oxygen atoms in total. The topological polar surface area (TPSA) is 3.24 Å². The summed E-state index contributed by atoms with van der Waals surface area (Å²) in [6, 6.07) is 0. The average molecular weight is 131 g/mol. The fourth-order valence-electron chi connectivity index (χ4n) is 1.28. The molecular weight excluding hydrogens is 117 g/mol. The van der Waals surface area contributed by atoms with E-state index in [4.69, 9.17) is 0 Å². The van der Waals surface area contributed by atoms with Crippen molar-refractivity contribution in [3.63, 3.8) is 0 Å². The third kappa shape index (κ3) is 1.65. The van der Waals surface area contributed by atoms with Crippen molar-refractivity contribution in [2.75, 3.05) is 13.1 Å². The Morgan fingerprint density at radius 3 is 2.44 bits per heavy atom. The lowest BCUT2D eigenvalue weighted by Crippen LogP contribution is -2.27. The molecule has 1 aliphatic heterocycles. The van der Waals surface area contributed by atoms with E-state index >= 15 is 0 Å². The zero-order chi connectivity index (χ0) is 6.69. The van der Waals surface area contributed by atoms with Gasteiger partial charge in [-0.15, -0.1) is 0 Å². The molecule has 0 aromatic heterocycles. The Bertz CT molecular complexity index is 79.0. The molecule has 1 heterocycles. The Morgan fingerprint density at radius 2 is 2.00 bits per heavy atom. The third-order valence-corrected chi connectivity index (χ3v) is 1.87. The Kier molecular flexibility index (Phi) is 2.46.